The van der Waals surface area contributed by atoms with E-state index < -0.39 is 8.69 Å². The van der Waals surface area contributed by atoms with Gasteiger partial charge >= 0.3 is 0 Å². The van der Waals surface area contributed by atoms with Crippen molar-refractivity contribution >= 4 is 8.69 Å². The Morgan fingerprint density at radius 3 is 2.69 bits per heavy atom. The van der Waals surface area contributed by atoms with Crippen LogP contribution in [0.1, 0.15) is 18.6 Å². The van der Waals surface area contributed by atoms with Gasteiger partial charge in [-0.15, -0.1) is 0 Å². The van der Waals surface area contributed by atoms with Gasteiger partial charge < -0.3 is 9.26 Å². The van der Waals surface area contributed by atoms with Crippen LogP contribution in [0.2, 0.25) is 0 Å². The fourth-order valence-electron chi connectivity index (χ4n) is 1.16. The van der Waals surface area contributed by atoms with Gasteiger partial charge in [0.25, 0.3) is 0 Å². The molecule has 0 saturated carbocycles. The maximum absolute atomic E-state index is 10.3. The van der Waals surface area contributed by atoms with Crippen molar-refractivity contribution < 1.29 is 13.8 Å². The van der Waals surface area contributed by atoms with Crippen LogP contribution in [0.3, 0.4) is 0 Å². The van der Waals surface area contributed by atoms with Gasteiger partial charge in [0.15, 0.2) is 8.69 Å². The van der Waals surface area contributed by atoms with Crippen LogP contribution >= 0.6 is 8.69 Å². The van der Waals surface area contributed by atoms with Gasteiger partial charge in [-0.1, -0.05) is 18.2 Å². The van der Waals surface area contributed by atoms with Gasteiger partial charge in [-0.05, 0) is 13.0 Å². The number of rotatable bonds is 4. The molecule has 0 aliphatic rings. The molecule has 0 aliphatic carbocycles. The smallest absolute Gasteiger partial charge is 0.180 e. The lowest BCUT2D eigenvalue weighted by atomic mass is 10.1. The summed E-state index contributed by atoms with van der Waals surface area (Å²) in [5, 5.41) is 0. The van der Waals surface area contributed by atoms with E-state index in [1.54, 1.807) is 7.11 Å². The standard InChI is InChI=1S/C9H13O3P/c1-7(12-13-10)8-5-3-4-6-9(8)11-2/h3-7H,13H2,1-2H3. The average Bonchev–Trinajstić information content (AvgIpc) is 2.18. The molecule has 0 heterocycles. The van der Waals surface area contributed by atoms with E-state index in [4.69, 9.17) is 9.26 Å². The molecule has 4 heteroatoms. The van der Waals surface area contributed by atoms with Crippen molar-refractivity contribution in [3.63, 3.8) is 0 Å². The van der Waals surface area contributed by atoms with Gasteiger partial charge in [0, 0.05) is 5.56 Å². The van der Waals surface area contributed by atoms with Crippen LogP contribution in [-0.2, 0) is 9.09 Å². The zero-order valence-electron chi connectivity index (χ0n) is 7.69. The summed E-state index contributed by atoms with van der Waals surface area (Å²) in [6.45, 7) is 1.85. The Balaban J connectivity index is 2.91. The minimum absolute atomic E-state index is 0.177. The molecular weight excluding hydrogens is 187 g/mol. The zero-order valence-corrected chi connectivity index (χ0v) is 8.84. The van der Waals surface area contributed by atoms with E-state index in [1.807, 2.05) is 31.2 Å². The highest BCUT2D eigenvalue weighted by Crippen LogP contribution is 2.28. The maximum atomic E-state index is 10.3. The zero-order chi connectivity index (χ0) is 9.68. The lowest BCUT2D eigenvalue weighted by molar-refractivity contribution is 0.244. The Labute approximate surface area is 79.0 Å². The fraction of sp³-hybridized carbons (Fsp3) is 0.333. The summed E-state index contributed by atoms with van der Waals surface area (Å²) in [6, 6.07) is 7.55. The van der Waals surface area contributed by atoms with Gasteiger partial charge in [-0.2, -0.15) is 0 Å². The molecule has 1 rings (SSSR count). The molecule has 0 amide bonds. The van der Waals surface area contributed by atoms with Crippen LogP contribution in [0.25, 0.3) is 0 Å². The Hall–Kier alpha value is -0.790. The molecule has 0 fully saturated rings. The quantitative estimate of drug-likeness (QED) is 0.700. The topological polar surface area (TPSA) is 35.5 Å². The highest BCUT2D eigenvalue weighted by atomic mass is 31.1. The summed E-state index contributed by atoms with van der Waals surface area (Å²) in [6.07, 6.45) is -0.177. The molecule has 0 N–H and O–H groups in total. The molecule has 3 nitrogen and oxygen atoms in total. The van der Waals surface area contributed by atoms with E-state index in [9.17, 15) is 4.57 Å². The molecule has 0 aromatic heterocycles. The monoisotopic (exact) mass is 200 g/mol. The first kappa shape index (κ1) is 10.3. The molecule has 2 atom stereocenters. The van der Waals surface area contributed by atoms with Crippen molar-refractivity contribution in [1.29, 1.82) is 0 Å². The number of benzene rings is 1. The van der Waals surface area contributed by atoms with Crippen LogP contribution in [0, 0.1) is 0 Å². The van der Waals surface area contributed by atoms with Crippen molar-refractivity contribution in [1.82, 2.24) is 0 Å². The summed E-state index contributed by atoms with van der Waals surface area (Å²) >= 11 is 0. The minimum atomic E-state index is -1.18. The molecule has 0 saturated heterocycles. The largest absolute Gasteiger partial charge is 0.496 e. The number of para-hydroxylation sites is 1. The second-order valence-electron chi connectivity index (χ2n) is 2.62. The van der Waals surface area contributed by atoms with E-state index >= 15 is 0 Å². The van der Waals surface area contributed by atoms with Gasteiger partial charge in [-0.25, -0.2) is 0 Å². The van der Waals surface area contributed by atoms with Gasteiger partial charge in [0.05, 0.1) is 13.2 Å². The molecule has 1 aromatic carbocycles. The predicted molar refractivity (Wildman–Crippen MR) is 52.9 cm³/mol. The van der Waals surface area contributed by atoms with Crippen molar-refractivity contribution in [2.75, 3.05) is 7.11 Å². The fourth-order valence-corrected chi connectivity index (χ4v) is 1.47. The Morgan fingerprint density at radius 1 is 1.38 bits per heavy atom. The first-order valence-corrected chi connectivity index (χ1v) is 4.96. The Bertz CT molecular complexity index is 288. The first-order valence-electron chi connectivity index (χ1n) is 4.01. The molecule has 0 radical (unpaired) electrons. The summed E-state index contributed by atoms with van der Waals surface area (Å²) < 4.78 is 20.5. The van der Waals surface area contributed by atoms with Crippen LogP contribution in [0.5, 0.6) is 5.75 Å². The van der Waals surface area contributed by atoms with Crippen LogP contribution in [0.4, 0.5) is 0 Å². The second kappa shape index (κ2) is 5.05. The molecular formula is C9H13O3P. The van der Waals surface area contributed by atoms with Crippen molar-refractivity contribution in [3.05, 3.63) is 29.8 Å². The molecule has 13 heavy (non-hydrogen) atoms. The van der Waals surface area contributed by atoms with Crippen LogP contribution in [-0.4, -0.2) is 7.11 Å². The van der Waals surface area contributed by atoms with E-state index in [2.05, 4.69) is 0 Å². The molecule has 2 unspecified atom stereocenters. The molecule has 1 aromatic rings. The third-order valence-corrected chi connectivity index (χ3v) is 2.36. The normalized spacial score (nSPS) is 13.4. The first-order chi connectivity index (χ1) is 6.29. The van der Waals surface area contributed by atoms with E-state index in [1.165, 1.54) is 0 Å². The summed E-state index contributed by atoms with van der Waals surface area (Å²) in [5.74, 6) is 0.767. The highest BCUT2D eigenvalue weighted by molar-refractivity contribution is 7.17. The van der Waals surface area contributed by atoms with Crippen molar-refractivity contribution in [3.8, 4) is 5.75 Å². The molecule has 0 spiro atoms. The molecule has 0 aliphatic heterocycles. The van der Waals surface area contributed by atoms with Crippen LogP contribution in [0.15, 0.2) is 24.3 Å². The summed E-state index contributed by atoms with van der Waals surface area (Å²) in [4.78, 5) is 0. The number of hydrogen-bond acceptors (Lipinski definition) is 3. The van der Waals surface area contributed by atoms with E-state index in [0.29, 0.717) is 0 Å². The SMILES string of the molecule is COc1ccccc1C(C)O[PH2]=O. The lowest BCUT2D eigenvalue weighted by Crippen LogP contribution is -1.96. The van der Waals surface area contributed by atoms with Crippen molar-refractivity contribution in [2.24, 2.45) is 0 Å². The number of ether oxygens (including phenoxy) is 1. The van der Waals surface area contributed by atoms with Crippen LogP contribution < -0.4 is 4.74 Å². The third-order valence-electron chi connectivity index (χ3n) is 1.84. The Kier molecular flexibility index (Phi) is 4.00. The van der Waals surface area contributed by atoms with Gasteiger partial charge in [0.1, 0.15) is 5.75 Å². The minimum Gasteiger partial charge on any atom is -0.496 e. The number of hydrogen-bond donors (Lipinski definition) is 0. The van der Waals surface area contributed by atoms with Crippen molar-refractivity contribution in [2.45, 2.75) is 13.0 Å². The predicted octanol–water partition coefficient (Wildman–Crippen LogP) is 2.44. The van der Waals surface area contributed by atoms with Gasteiger partial charge in [-0.3, -0.25) is 4.57 Å². The van der Waals surface area contributed by atoms with E-state index in [-0.39, 0.29) is 6.10 Å². The average molecular weight is 200 g/mol. The summed E-state index contributed by atoms with van der Waals surface area (Å²) in [7, 11) is 0.431. The maximum Gasteiger partial charge on any atom is 0.180 e. The van der Waals surface area contributed by atoms with E-state index in [0.717, 1.165) is 11.3 Å². The molecule has 0 bridgehead atoms. The number of methoxy groups -OCH3 is 1. The third kappa shape index (κ3) is 2.58. The highest BCUT2D eigenvalue weighted by Gasteiger charge is 2.09. The second-order valence-corrected chi connectivity index (χ2v) is 3.08. The van der Waals surface area contributed by atoms with Gasteiger partial charge in [0.2, 0.25) is 0 Å². The molecule has 72 valence electrons. The summed E-state index contributed by atoms with van der Waals surface area (Å²) in [5.41, 5.74) is 0.924. The lowest BCUT2D eigenvalue weighted by Gasteiger charge is -2.12. The Morgan fingerprint density at radius 2 is 2.08 bits per heavy atom.